The lowest BCUT2D eigenvalue weighted by Gasteiger charge is -2.25. The largest absolute Gasteiger partial charge is 0.472 e. The van der Waals surface area contributed by atoms with Crippen molar-refractivity contribution in [3.63, 3.8) is 0 Å². The number of aliphatic hydroxyl groups is 1. The van der Waals surface area contributed by atoms with Gasteiger partial charge in [0, 0.05) is 6.42 Å². The van der Waals surface area contributed by atoms with Crippen LogP contribution in [0.25, 0.3) is 0 Å². The number of aliphatic hydroxyl groups excluding tert-OH is 1. The highest BCUT2D eigenvalue weighted by molar-refractivity contribution is 7.47. The van der Waals surface area contributed by atoms with Gasteiger partial charge in [-0.1, -0.05) is 147 Å². The zero-order valence-corrected chi connectivity index (χ0v) is 33.6. The van der Waals surface area contributed by atoms with E-state index in [1.54, 1.807) is 6.08 Å². The number of hydrogen-bond donors (Lipinski definition) is 3. The maximum atomic E-state index is 12.8. The van der Waals surface area contributed by atoms with Crippen LogP contribution in [0.2, 0.25) is 0 Å². The second kappa shape index (κ2) is 32.9. The molecule has 9 heteroatoms. The Morgan fingerprint density at radius 1 is 0.673 bits per heavy atom. The summed E-state index contributed by atoms with van der Waals surface area (Å²) in [5.41, 5.74) is 0. The number of phosphoric acid groups is 1. The van der Waals surface area contributed by atoms with Gasteiger partial charge in [-0.05, 0) is 44.9 Å². The fraction of sp³-hybridized carbons (Fsp3) is 0.875. The van der Waals surface area contributed by atoms with Crippen molar-refractivity contribution in [2.45, 2.75) is 187 Å². The Kier molecular flexibility index (Phi) is 32.2. The molecule has 0 aromatic heterocycles. The van der Waals surface area contributed by atoms with Crippen LogP contribution in [0.3, 0.4) is 0 Å². The fourth-order valence-electron chi connectivity index (χ4n) is 5.62. The number of amides is 1. The summed E-state index contributed by atoms with van der Waals surface area (Å²) < 4.78 is 23.4. The molecule has 0 bridgehead atoms. The summed E-state index contributed by atoms with van der Waals surface area (Å²) in [7, 11) is 1.57. The normalized spacial score (nSPS) is 14.8. The van der Waals surface area contributed by atoms with Crippen molar-refractivity contribution in [3.8, 4) is 0 Å². The summed E-state index contributed by atoms with van der Waals surface area (Å²) in [6.07, 6.45) is 36.8. The number of nitrogens with zero attached hydrogens (tertiary/aromatic N) is 1. The molecule has 0 aromatic rings. The van der Waals surface area contributed by atoms with Gasteiger partial charge in [-0.25, -0.2) is 4.57 Å². The molecule has 0 saturated heterocycles. The monoisotopic (exact) mass is 716 g/mol. The molecule has 0 aliphatic rings. The van der Waals surface area contributed by atoms with Gasteiger partial charge >= 0.3 is 7.82 Å². The van der Waals surface area contributed by atoms with Gasteiger partial charge in [0.25, 0.3) is 0 Å². The van der Waals surface area contributed by atoms with Gasteiger partial charge in [-0.2, -0.15) is 0 Å². The Bertz CT molecular complexity index is 860. The molecule has 0 fully saturated rings. The number of rotatable bonds is 36. The van der Waals surface area contributed by atoms with Crippen molar-refractivity contribution in [2.24, 2.45) is 0 Å². The molecule has 3 N–H and O–H groups in total. The third kappa shape index (κ3) is 35.2. The lowest BCUT2D eigenvalue weighted by molar-refractivity contribution is -0.870. The predicted octanol–water partition coefficient (Wildman–Crippen LogP) is 10.6. The van der Waals surface area contributed by atoms with Crippen LogP contribution in [-0.4, -0.2) is 73.4 Å². The van der Waals surface area contributed by atoms with E-state index in [9.17, 15) is 19.4 Å². The van der Waals surface area contributed by atoms with Crippen molar-refractivity contribution >= 4 is 13.7 Å². The maximum absolute atomic E-state index is 12.8. The zero-order chi connectivity index (χ0) is 36.5. The maximum Gasteiger partial charge on any atom is 0.472 e. The number of unbranched alkanes of at least 4 members (excludes halogenated alkanes) is 21. The minimum absolute atomic E-state index is 0.0615. The average Bonchev–Trinajstić information content (AvgIpc) is 3.04. The molecule has 290 valence electrons. The van der Waals surface area contributed by atoms with E-state index in [1.807, 2.05) is 27.2 Å². The average molecular weight is 716 g/mol. The summed E-state index contributed by atoms with van der Waals surface area (Å²) >= 11 is 0. The van der Waals surface area contributed by atoms with Crippen LogP contribution < -0.4 is 5.32 Å². The van der Waals surface area contributed by atoms with E-state index in [1.165, 1.54) is 116 Å². The summed E-state index contributed by atoms with van der Waals surface area (Å²) in [5.74, 6) is -0.184. The first-order chi connectivity index (χ1) is 23.5. The molecule has 3 unspecified atom stereocenters. The molecule has 0 aliphatic carbocycles. The molecule has 1 amide bonds. The van der Waals surface area contributed by atoms with Crippen LogP contribution in [0.15, 0.2) is 24.3 Å². The van der Waals surface area contributed by atoms with Crippen molar-refractivity contribution < 1.29 is 32.9 Å². The van der Waals surface area contributed by atoms with Crippen molar-refractivity contribution in [3.05, 3.63) is 24.3 Å². The molecule has 8 nitrogen and oxygen atoms in total. The predicted molar refractivity (Wildman–Crippen MR) is 208 cm³/mol. The fourth-order valence-corrected chi connectivity index (χ4v) is 6.36. The summed E-state index contributed by atoms with van der Waals surface area (Å²) in [4.78, 5) is 23.0. The standard InChI is InChI=1S/C40H79N2O6P/c1-6-8-10-12-14-16-17-18-19-20-21-22-23-24-25-26-28-30-32-34-40(44)41-38(37-48-49(45,46)47-36-35-42(3,4)5)39(43)33-31-29-27-15-13-11-9-7-2/h18-19,31,33,38-39,43H,6-17,20-30,32,34-37H2,1-5H3,(H-,41,44,45,46)/p+1/b19-18-,33-31+. The molecule has 0 radical (unpaired) electrons. The first-order valence-corrected chi connectivity index (χ1v) is 21.7. The molecule has 0 saturated carbocycles. The highest BCUT2D eigenvalue weighted by atomic mass is 31.2. The van der Waals surface area contributed by atoms with Crippen LogP contribution in [-0.2, 0) is 18.4 Å². The number of carbonyl (C=O) groups is 1. The Hall–Kier alpha value is -1.02. The summed E-state index contributed by atoms with van der Waals surface area (Å²) in [6.45, 7) is 4.75. The smallest absolute Gasteiger partial charge is 0.387 e. The van der Waals surface area contributed by atoms with Crippen LogP contribution in [0.4, 0.5) is 0 Å². The Balaban J connectivity index is 4.31. The van der Waals surface area contributed by atoms with Gasteiger partial charge < -0.3 is 19.8 Å². The third-order valence-corrected chi connectivity index (χ3v) is 9.90. The molecule has 0 aromatic carbocycles. The third-order valence-electron chi connectivity index (χ3n) is 8.92. The van der Waals surface area contributed by atoms with Gasteiger partial charge in [0.2, 0.25) is 5.91 Å². The van der Waals surface area contributed by atoms with Gasteiger partial charge in [-0.15, -0.1) is 0 Å². The van der Waals surface area contributed by atoms with Crippen LogP contribution >= 0.6 is 7.82 Å². The SMILES string of the molecule is CCCCCCCC/C=C\CCCCCCCCCCCC(=O)NC(COP(=O)(O)OCC[N+](C)(C)C)C(O)/C=C/CCCCCCCC. The Morgan fingerprint density at radius 3 is 1.57 bits per heavy atom. The van der Waals surface area contributed by atoms with E-state index >= 15 is 0 Å². The van der Waals surface area contributed by atoms with Crippen molar-refractivity contribution in [1.82, 2.24) is 5.32 Å². The second-order valence-electron chi connectivity index (χ2n) is 15.0. The molecule has 3 atom stereocenters. The van der Waals surface area contributed by atoms with Crippen LogP contribution in [0, 0.1) is 0 Å². The Labute approximate surface area is 303 Å². The number of phosphoric ester groups is 1. The number of quaternary nitrogens is 1. The van der Waals surface area contributed by atoms with Gasteiger partial charge in [-0.3, -0.25) is 13.8 Å². The van der Waals surface area contributed by atoms with Crippen LogP contribution in [0.5, 0.6) is 0 Å². The molecular weight excluding hydrogens is 635 g/mol. The minimum Gasteiger partial charge on any atom is -0.387 e. The van der Waals surface area contributed by atoms with Gasteiger partial charge in [0.1, 0.15) is 13.2 Å². The van der Waals surface area contributed by atoms with Crippen molar-refractivity contribution in [2.75, 3.05) is 40.9 Å². The second-order valence-corrected chi connectivity index (χ2v) is 16.5. The molecule has 0 heterocycles. The van der Waals surface area contributed by atoms with E-state index in [0.717, 1.165) is 38.5 Å². The molecule has 49 heavy (non-hydrogen) atoms. The van der Waals surface area contributed by atoms with E-state index in [-0.39, 0.29) is 19.1 Å². The number of likely N-dealkylation sites (N-methyl/N-ethyl adjacent to an activating group) is 1. The molecule has 0 spiro atoms. The zero-order valence-electron chi connectivity index (χ0n) is 32.7. The van der Waals surface area contributed by atoms with Crippen LogP contribution in [0.1, 0.15) is 174 Å². The minimum atomic E-state index is -4.32. The number of hydrogen-bond acceptors (Lipinski definition) is 5. The van der Waals surface area contributed by atoms with E-state index < -0.39 is 20.0 Å². The Morgan fingerprint density at radius 2 is 1.10 bits per heavy atom. The summed E-state index contributed by atoms with van der Waals surface area (Å²) in [5, 5.41) is 13.7. The quantitative estimate of drug-likeness (QED) is 0.0258. The molecule has 0 aliphatic heterocycles. The van der Waals surface area contributed by atoms with Gasteiger partial charge in [0.15, 0.2) is 0 Å². The lowest BCUT2D eigenvalue weighted by Crippen LogP contribution is -2.45. The number of carbonyl (C=O) groups excluding carboxylic acids is 1. The van der Waals surface area contributed by atoms with E-state index in [0.29, 0.717) is 17.4 Å². The number of nitrogens with one attached hydrogen (secondary N) is 1. The lowest BCUT2D eigenvalue weighted by atomic mass is 10.0. The highest BCUT2D eigenvalue weighted by Crippen LogP contribution is 2.43. The topological polar surface area (TPSA) is 105 Å². The van der Waals surface area contributed by atoms with E-state index in [2.05, 4.69) is 31.3 Å². The van der Waals surface area contributed by atoms with Crippen molar-refractivity contribution in [1.29, 1.82) is 0 Å². The molecule has 0 rings (SSSR count). The first kappa shape index (κ1) is 48.0. The number of allylic oxidation sites excluding steroid dienone is 3. The van der Waals surface area contributed by atoms with E-state index in [4.69, 9.17) is 9.05 Å². The first-order valence-electron chi connectivity index (χ1n) is 20.2. The summed E-state index contributed by atoms with van der Waals surface area (Å²) in [6, 6.07) is -0.841. The highest BCUT2D eigenvalue weighted by Gasteiger charge is 2.27. The van der Waals surface area contributed by atoms with Gasteiger partial charge in [0.05, 0.1) is 39.9 Å². The molecular formula is C40H80N2O6P+.